The summed E-state index contributed by atoms with van der Waals surface area (Å²) in [6.07, 6.45) is 9.33. The van der Waals surface area contributed by atoms with Gasteiger partial charge in [0.15, 0.2) is 0 Å². The Labute approximate surface area is 159 Å². The molecule has 0 unspecified atom stereocenters. The molecule has 1 aromatic heterocycles. The first-order valence-corrected chi connectivity index (χ1v) is 10.3. The quantitative estimate of drug-likeness (QED) is 0.788. The maximum Gasteiger partial charge on any atom is 0.225 e. The average molecular weight is 375 g/mol. The van der Waals surface area contributed by atoms with Crippen LogP contribution in [0.5, 0.6) is 0 Å². The van der Waals surface area contributed by atoms with Gasteiger partial charge in [-0.15, -0.1) is 0 Å². The lowest BCUT2D eigenvalue weighted by molar-refractivity contribution is -0.126. The number of anilines is 1. The molecule has 1 atom stereocenters. The number of rotatable bonds is 3. The molecule has 26 heavy (non-hydrogen) atoms. The summed E-state index contributed by atoms with van der Waals surface area (Å²) in [5.41, 5.74) is 1.85. The van der Waals surface area contributed by atoms with Gasteiger partial charge in [-0.05, 0) is 43.9 Å². The van der Waals surface area contributed by atoms with E-state index in [4.69, 9.17) is 11.6 Å². The molecular formula is C20H27ClN4O. The normalized spacial score (nSPS) is 22.3. The molecule has 1 aliphatic heterocycles. The van der Waals surface area contributed by atoms with Gasteiger partial charge in [-0.3, -0.25) is 4.79 Å². The van der Waals surface area contributed by atoms with Crippen LogP contribution in [0.25, 0.3) is 11.0 Å². The standard InChI is InChI=1S/C20H27ClN4O/c21-15-9-10-17-18(12-15)24-20(23-17)25-11-5-6-14(13-25)19(26)22-16-7-3-1-2-4-8-16/h9-10,12,14,16H,1-8,11,13H2,(H,22,26)(H,23,24)/t14-/m0/s1. The number of nitrogens with one attached hydrogen (secondary N) is 2. The number of carbonyl (C=O) groups excluding carboxylic acids is 1. The van der Waals surface area contributed by atoms with Crippen LogP contribution in [0.15, 0.2) is 18.2 Å². The second-order valence-corrected chi connectivity index (χ2v) is 8.14. The van der Waals surface area contributed by atoms with Crippen molar-refractivity contribution in [1.29, 1.82) is 0 Å². The maximum absolute atomic E-state index is 12.8. The van der Waals surface area contributed by atoms with E-state index in [9.17, 15) is 4.79 Å². The fraction of sp³-hybridized carbons (Fsp3) is 0.600. The monoisotopic (exact) mass is 374 g/mol. The van der Waals surface area contributed by atoms with Crippen molar-refractivity contribution in [1.82, 2.24) is 15.3 Å². The van der Waals surface area contributed by atoms with Gasteiger partial charge in [-0.2, -0.15) is 0 Å². The van der Waals surface area contributed by atoms with Crippen LogP contribution in [0.1, 0.15) is 51.4 Å². The molecule has 2 fully saturated rings. The maximum atomic E-state index is 12.8. The molecule has 1 saturated carbocycles. The fourth-order valence-corrected chi connectivity index (χ4v) is 4.42. The molecule has 0 radical (unpaired) electrons. The number of hydrogen-bond donors (Lipinski definition) is 2. The van der Waals surface area contributed by atoms with Crippen molar-refractivity contribution in [3.63, 3.8) is 0 Å². The van der Waals surface area contributed by atoms with Crippen molar-refractivity contribution >= 4 is 34.5 Å². The summed E-state index contributed by atoms with van der Waals surface area (Å²) < 4.78 is 0. The Hall–Kier alpha value is -1.75. The van der Waals surface area contributed by atoms with Crippen LogP contribution in [-0.4, -0.2) is 35.0 Å². The predicted octanol–water partition coefficient (Wildman–Crippen LogP) is 4.27. The van der Waals surface area contributed by atoms with Gasteiger partial charge < -0.3 is 15.2 Å². The molecule has 0 spiro atoms. The molecule has 2 aliphatic rings. The lowest BCUT2D eigenvalue weighted by atomic mass is 9.96. The Morgan fingerprint density at radius 3 is 2.77 bits per heavy atom. The van der Waals surface area contributed by atoms with Gasteiger partial charge in [0.25, 0.3) is 0 Å². The number of benzene rings is 1. The lowest BCUT2D eigenvalue weighted by Crippen LogP contribution is -2.46. The summed E-state index contributed by atoms with van der Waals surface area (Å²) in [6.45, 7) is 1.66. The van der Waals surface area contributed by atoms with Crippen LogP contribution in [0, 0.1) is 5.92 Å². The Morgan fingerprint density at radius 2 is 1.96 bits per heavy atom. The highest BCUT2D eigenvalue weighted by Crippen LogP contribution is 2.26. The van der Waals surface area contributed by atoms with Crippen molar-refractivity contribution in [2.75, 3.05) is 18.0 Å². The Morgan fingerprint density at radius 1 is 1.15 bits per heavy atom. The molecule has 1 amide bonds. The third-order valence-electron chi connectivity index (χ3n) is 5.72. The molecule has 0 bridgehead atoms. The summed E-state index contributed by atoms with van der Waals surface area (Å²) in [7, 11) is 0. The van der Waals surface area contributed by atoms with Gasteiger partial charge in [0.2, 0.25) is 11.9 Å². The van der Waals surface area contributed by atoms with Crippen molar-refractivity contribution in [2.45, 2.75) is 57.4 Å². The molecule has 2 N–H and O–H groups in total. The molecule has 1 aliphatic carbocycles. The zero-order valence-electron chi connectivity index (χ0n) is 15.1. The number of aromatic nitrogens is 2. The number of carbonyl (C=O) groups is 1. The Kier molecular flexibility index (Phi) is 5.34. The van der Waals surface area contributed by atoms with Gasteiger partial charge in [-0.25, -0.2) is 4.98 Å². The highest BCUT2D eigenvalue weighted by atomic mass is 35.5. The minimum absolute atomic E-state index is 0.0452. The first kappa shape index (κ1) is 17.7. The Balaban J connectivity index is 1.41. The van der Waals surface area contributed by atoms with Crippen molar-refractivity contribution in [2.24, 2.45) is 5.92 Å². The van der Waals surface area contributed by atoms with Crippen LogP contribution < -0.4 is 10.2 Å². The molecule has 1 saturated heterocycles. The molecule has 2 aromatic rings. The van der Waals surface area contributed by atoms with E-state index in [0.29, 0.717) is 11.1 Å². The topological polar surface area (TPSA) is 61.0 Å². The SMILES string of the molecule is O=C(NC1CCCCCC1)[C@H]1CCCN(c2nc3ccc(Cl)cc3[nH]2)C1. The van der Waals surface area contributed by atoms with E-state index in [0.717, 1.165) is 55.8 Å². The van der Waals surface area contributed by atoms with E-state index in [2.05, 4.69) is 20.2 Å². The van der Waals surface area contributed by atoms with Gasteiger partial charge in [0.1, 0.15) is 0 Å². The van der Waals surface area contributed by atoms with E-state index >= 15 is 0 Å². The van der Waals surface area contributed by atoms with E-state index in [1.165, 1.54) is 25.7 Å². The molecule has 4 rings (SSSR count). The predicted molar refractivity (Wildman–Crippen MR) is 106 cm³/mol. The average Bonchev–Trinajstić information content (AvgIpc) is 2.90. The smallest absolute Gasteiger partial charge is 0.225 e. The molecule has 1 aromatic carbocycles. The minimum Gasteiger partial charge on any atom is -0.353 e. The number of fused-ring (bicyclic) bond motifs is 1. The number of halogens is 1. The summed E-state index contributed by atoms with van der Waals surface area (Å²) in [4.78, 5) is 23.0. The summed E-state index contributed by atoms with van der Waals surface area (Å²) >= 11 is 6.07. The zero-order valence-corrected chi connectivity index (χ0v) is 15.9. The number of H-pyrrole nitrogens is 1. The van der Waals surface area contributed by atoms with E-state index in [1.54, 1.807) is 0 Å². The highest BCUT2D eigenvalue weighted by Gasteiger charge is 2.28. The van der Waals surface area contributed by atoms with Gasteiger partial charge >= 0.3 is 0 Å². The minimum atomic E-state index is 0.0452. The number of aromatic amines is 1. The third-order valence-corrected chi connectivity index (χ3v) is 5.96. The largest absolute Gasteiger partial charge is 0.353 e. The second kappa shape index (κ2) is 7.87. The van der Waals surface area contributed by atoms with Crippen LogP contribution >= 0.6 is 11.6 Å². The van der Waals surface area contributed by atoms with E-state index < -0.39 is 0 Å². The molecule has 2 heterocycles. The molecule has 140 valence electrons. The summed E-state index contributed by atoms with van der Waals surface area (Å²) in [5, 5.41) is 4.02. The number of piperidine rings is 1. The second-order valence-electron chi connectivity index (χ2n) is 7.70. The number of hydrogen-bond acceptors (Lipinski definition) is 3. The van der Waals surface area contributed by atoms with E-state index in [1.807, 2.05) is 18.2 Å². The van der Waals surface area contributed by atoms with Crippen LogP contribution in [-0.2, 0) is 4.79 Å². The third kappa shape index (κ3) is 3.98. The van der Waals surface area contributed by atoms with Crippen LogP contribution in [0.4, 0.5) is 5.95 Å². The summed E-state index contributed by atoms with van der Waals surface area (Å²) in [5.74, 6) is 1.11. The number of amides is 1. The van der Waals surface area contributed by atoms with Gasteiger partial charge in [0, 0.05) is 24.2 Å². The Bertz CT molecular complexity index is 766. The van der Waals surface area contributed by atoms with Crippen molar-refractivity contribution in [3.05, 3.63) is 23.2 Å². The first-order chi connectivity index (χ1) is 12.7. The number of imidazole rings is 1. The van der Waals surface area contributed by atoms with Gasteiger partial charge in [0.05, 0.1) is 17.0 Å². The lowest BCUT2D eigenvalue weighted by Gasteiger charge is -2.32. The fourth-order valence-electron chi connectivity index (χ4n) is 4.24. The molecular weight excluding hydrogens is 348 g/mol. The molecule has 6 heteroatoms. The van der Waals surface area contributed by atoms with Crippen LogP contribution in [0.2, 0.25) is 5.02 Å². The van der Waals surface area contributed by atoms with Crippen LogP contribution in [0.3, 0.4) is 0 Å². The zero-order chi connectivity index (χ0) is 17.9. The first-order valence-electron chi connectivity index (χ1n) is 9.89. The summed E-state index contributed by atoms with van der Waals surface area (Å²) in [6, 6.07) is 6.05. The van der Waals surface area contributed by atoms with E-state index in [-0.39, 0.29) is 11.8 Å². The molecule has 5 nitrogen and oxygen atoms in total. The van der Waals surface area contributed by atoms with Crippen molar-refractivity contribution < 1.29 is 4.79 Å². The highest BCUT2D eigenvalue weighted by molar-refractivity contribution is 6.31. The van der Waals surface area contributed by atoms with Crippen molar-refractivity contribution in [3.8, 4) is 0 Å². The number of nitrogens with zero attached hydrogens (tertiary/aromatic N) is 2. The van der Waals surface area contributed by atoms with Gasteiger partial charge in [-0.1, -0.05) is 37.3 Å².